The Balaban J connectivity index is 2.17. The average molecular weight is 296 g/mol. The van der Waals surface area contributed by atoms with Gasteiger partial charge in [0.15, 0.2) is 0 Å². The maximum absolute atomic E-state index is 6.30. The van der Waals surface area contributed by atoms with Gasteiger partial charge in [-0.2, -0.15) is 0 Å². The van der Waals surface area contributed by atoms with E-state index in [-0.39, 0.29) is 5.54 Å². The molecule has 0 aromatic heterocycles. The Kier molecular flexibility index (Phi) is 5.76. The largest absolute Gasteiger partial charge is 0.329 e. The van der Waals surface area contributed by atoms with E-state index in [4.69, 9.17) is 11.5 Å². The van der Waals surface area contributed by atoms with Crippen molar-refractivity contribution in [3.63, 3.8) is 0 Å². The smallest absolute Gasteiger partial charge is 0.0275 e. The van der Waals surface area contributed by atoms with Crippen LogP contribution in [-0.2, 0) is 0 Å². The van der Waals surface area contributed by atoms with Gasteiger partial charge in [-0.1, -0.05) is 67.6 Å². The van der Waals surface area contributed by atoms with Gasteiger partial charge in [-0.3, -0.25) is 0 Å². The second kappa shape index (κ2) is 7.57. The van der Waals surface area contributed by atoms with Gasteiger partial charge in [0.05, 0.1) is 0 Å². The van der Waals surface area contributed by atoms with Gasteiger partial charge in [0.25, 0.3) is 0 Å². The standard InChI is InChI=1S/C20H28N2/c1-16(20(2,22)15-21)13-14-19(17-9-5-3-6-10-17)18-11-7-4-8-12-18/h3-12,16,19H,13-15,21-22H2,1-2H3. The first-order valence-corrected chi connectivity index (χ1v) is 8.13. The van der Waals surface area contributed by atoms with Gasteiger partial charge in [-0.05, 0) is 36.8 Å². The molecule has 0 aliphatic rings. The predicted octanol–water partition coefficient (Wildman–Crippen LogP) is 3.91. The molecular weight excluding hydrogens is 268 g/mol. The molecule has 2 aromatic carbocycles. The summed E-state index contributed by atoms with van der Waals surface area (Å²) in [5.41, 5.74) is 14.6. The molecule has 2 atom stereocenters. The van der Waals surface area contributed by atoms with Crippen LogP contribution >= 0.6 is 0 Å². The van der Waals surface area contributed by atoms with Crippen molar-refractivity contribution in [1.82, 2.24) is 0 Å². The van der Waals surface area contributed by atoms with Crippen molar-refractivity contribution >= 4 is 0 Å². The summed E-state index contributed by atoms with van der Waals surface area (Å²) < 4.78 is 0. The maximum atomic E-state index is 6.30. The number of hydrogen-bond donors (Lipinski definition) is 2. The molecule has 2 nitrogen and oxygen atoms in total. The minimum absolute atomic E-state index is 0.294. The van der Waals surface area contributed by atoms with Crippen LogP contribution in [0.1, 0.15) is 43.7 Å². The zero-order valence-electron chi connectivity index (χ0n) is 13.7. The summed E-state index contributed by atoms with van der Waals surface area (Å²) in [4.78, 5) is 0. The van der Waals surface area contributed by atoms with Crippen LogP contribution < -0.4 is 11.5 Å². The third kappa shape index (κ3) is 4.19. The maximum Gasteiger partial charge on any atom is 0.0275 e. The van der Waals surface area contributed by atoms with Crippen LogP contribution in [0.25, 0.3) is 0 Å². The fraction of sp³-hybridized carbons (Fsp3) is 0.400. The van der Waals surface area contributed by atoms with E-state index in [1.54, 1.807) is 0 Å². The van der Waals surface area contributed by atoms with Gasteiger partial charge in [-0.15, -0.1) is 0 Å². The van der Waals surface area contributed by atoms with Gasteiger partial charge < -0.3 is 11.5 Å². The fourth-order valence-electron chi connectivity index (χ4n) is 2.84. The first-order valence-electron chi connectivity index (χ1n) is 8.13. The predicted molar refractivity (Wildman–Crippen MR) is 94.8 cm³/mol. The second-order valence-corrected chi connectivity index (χ2v) is 6.56. The number of rotatable bonds is 7. The summed E-state index contributed by atoms with van der Waals surface area (Å²) in [5, 5.41) is 0. The summed E-state index contributed by atoms with van der Waals surface area (Å²) in [6.07, 6.45) is 2.15. The quantitative estimate of drug-likeness (QED) is 0.814. The Bertz CT molecular complexity index is 509. The summed E-state index contributed by atoms with van der Waals surface area (Å²) >= 11 is 0. The van der Waals surface area contributed by atoms with Gasteiger partial charge in [-0.25, -0.2) is 0 Å². The Morgan fingerprint density at radius 1 is 0.864 bits per heavy atom. The van der Waals surface area contributed by atoms with Crippen molar-refractivity contribution in [2.45, 2.75) is 38.1 Å². The first kappa shape index (κ1) is 16.7. The van der Waals surface area contributed by atoms with Crippen LogP contribution in [0.5, 0.6) is 0 Å². The molecule has 0 saturated carbocycles. The van der Waals surface area contributed by atoms with Crippen molar-refractivity contribution < 1.29 is 0 Å². The molecule has 0 radical (unpaired) electrons. The lowest BCUT2D eigenvalue weighted by molar-refractivity contribution is 0.298. The van der Waals surface area contributed by atoms with Gasteiger partial charge in [0, 0.05) is 18.0 Å². The zero-order valence-corrected chi connectivity index (χ0v) is 13.7. The fourth-order valence-corrected chi connectivity index (χ4v) is 2.84. The van der Waals surface area contributed by atoms with E-state index in [0.29, 0.717) is 18.4 Å². The van der Waals surface area contributed by atoms with Crippen molar-refractivity contribution in [2.24, 2.45) is 17.4 Å². The molecule has 0 heterocycles. The van der Waals surface area contributed by atoms with Gasteiger partial charge >= 0.3 is 0 Å². The highest BCUT2D eigenvalue weighted by Gasteiger charge is 2.26. The number of benzene rings is 2. The molecule has 0 aliphatic carbocycles. The summed E-state index contributed by atoms with van der Waals surface area (Å²) in [7, 11) is 0. The zero-order chi connectivity index (χ0) is 16.0. The van der Waals surface area contributed by atoms with E-state index in [1.165, 1.54) is 11.1 Å². The van der Waals surface area contributed by atoms with E-state index in [9.17, 15) is 0 Å². The lowest BCUT2D eigenvalue weighted by Gasteiger charge is -2.31. The van der Waals surface area contributed by atoms with E-state index in [2.05, 4.69) is 74.5 Å². The lowest BCUT2D eigenvalue weighted by Crippen LogP contribution is -2.49. The molecule has 0 amide bonds. The van der Waals surface area contributed by atoms with Gasteiger partial charge in [0.1, 0.15) is 0 Å². The van der Waals surface area contributed by atoms with E-state index in [1.807, 2.05) is 0 Å². The number of nitrogens with two attached hydrogens (primary N) is 2. The Hall–Kier alpha value is -1.64. The molecule has 0 fully saturated rings. The van der Waals surface area contributed by atoms with Crippen LogP contribution in [0, 0.1) is 5.92 Å². The van der Waals surface area contributed by atoms with Crippen molar-refractivity contribution in [1.29, 1.82) is 0 Å². The monoisotopic (exact) mass is 296 g/mol. The van der Waals surface area contributed by atoms with Crippen molar-refractivity contribution in [3.05, 3.63) is 71.8 Å². The lowest BCUT2D eigenvalue weighted by atomic mass is 9.80. The third-order valence-corrected chi connectivity index (χ3v) is 4.86. The van der Waals surface area contributed by atoms with Crippen LogP contribution in [0.3, 0.4) is 0 Å². The van der Waals surface area contributed by atoms with Crippen molar-refractivity contribution in [2.75, 3.05) is 6.54 Å². The van der Waals surface area contributed by atoms with Crippen molar-refractivity contribution in [3.8, 4) is 0 Å². The average Bonchev–Trinajstić information content (AvgIpc) is 2.56. The Morgan fingerprint density at radius 2 is 1.32 bits per heavy atom. The molecular formula is C20H28N2. The van der Waals surface area contributed by atoms with Crippen LogP contribution in [-0.4, -0.2) is 12.1 Å². The first-order chi connectivity index (χ1) is 10.5. The highest BCUT2D eigenvalue weighted by Crippen LogP contribution is 2.32. The summed E-state index contributed by atoms with van der Waals surface area (Å²) in [6, 6.07) is 21.4. The normalized spacial score (nSPS) is 15.5. The van der Waals surface area contributed by atoms with Crippen LogP contribution in [0.2, 0.25) is 0 Å². The highest BCUT2D eigenvalue weighted by molar-refractivity contribution is 5.32. The molecule has 2 unspecified atom stereocenters. The van der Waals surface area contributed by atoms with E-state index < -0.39 is 0 Å². The molecule has 4 N–H and O–H groups in total. The Labute approximate surface area is 134 Å². The minimum atomic E-state index is -0.294. The van der Waals surface area contributed by atoms with E-state index >= 15 is 0 Å². The summed E-state index contributed by atoms with van der Waals surface area (Å²) in [6.45, 7) is 4.78. The molecule has 0 saturated heterocycles. The topological polar surface area (TPSA) is 52.0 Å². The number of hydrogen-bond acceptors (Lipinski definition) is 2. The SMILES string of the molecule is CC(CCC(c1ccccc1)c1ccccc1)C(C)(N)CN. The highest BCUT2D eigenvalue weighted by atomic mass is 14.8. The van der Waals surface area contributed by atoms with Crippen LogP contribution in [0.4, 0.5) is 0 Å². The van der Waals surface area contributed by atoms with Gasteiger partial charge in [0.2, 0.25) is 0 Å². The Morgan fingerprint density at radius 3 is 1.73 bits per heavy atom. The molecule has 22 heavy (non-hydrogen) atoms. The summed E-state index contributed by atoms with van der Waals surface area (Å²) in [5.74, 6) is 0.811. The molecule has 0 spiro atoms. The second-order valence-electron chi connectivity index (χ2n) is 6.56. The molecule has 0 aliphatic heterocycles. The van der Waals surface area contributed by atoms with Crippen LogP contribution in [0.15, 0.2) is 60.7 Å². The molecule has 0 bridgehead atoms. The minimum Gasteiger partial charge on any atom is -0.329 e. The third-order valence-electron chi connectivity index (χ3n) is 4.86. The molecule has 2 heteroatoms. The molecule has 2 aromatic rings. The molecule has 2 rings (SSSR count). The molecule has 118 valence electrons. The van der Waals surface area contributed by atoms with E-state index in [0.717, 1.165) is 12.8 Å².